The van der Waals surface area contributed by atoms with E-state index in [-0.39, 0.29) is 6.54 Å². The molecule has 0 saturated carbocycles. The van der Waals surface area contributed by atoms with Crippen LogP contribution >= 0.6 is 0 Å². The zero-order chi connectivity index (χ0) is 11.8. The summed E-state index contributed by atoms with van der Waals surface area (Å²) >= 11 is 0. The van der Waals surface area contributed by atoms with Crippen LogP contribution in [0.25, 0.3) is 10.4 Å². The Kier molecular flexibility index (Phi) is 4.82. The smallest absolute Gasteiger partial charge is 0.126 e. The molecule has 86 valence electrons. The third kappa shape index (κ3) is 3.59. The first kappa shape index (κ1) is 12.0. The second kappa shape index (κ2) is 6.42. The molecule has 0 atom stereocenters. The van der Waals surface area contributed by atoms with E-state index in [4.69, 9.17) is 19.7 Å². The van der Waals surface area contributed by atoms with Crippen LogP contribution in [0.3, 0.4) is 0 Å². The van der Waals surface area contributed by atoms with E-state index in [1.807, 2.05) is 0 Å². The van der Waals surface area contributed by atoms with E-state index in [0.717, 1.165) is 0 Å². The van der Waals surface area contributed by atoms with Gasteiger partial charge in [0.05, 0.1) is 27.4 Å². The Hall–Kier alpha value is -2.07. The lowest BCUT2D eigenvalue weighted by Crippen LogP contribution is -2.00. The van der Waals surface area contributed by atoms with Crippen LogP contribution in [0.1, 0.15) is 0 Å². The van der Waals surface area contributed by atoms with Gasteiger partial charge in [-0.1, -0.05) is 5.11 Å². The van der Waals surface area contributed by atoms with Crippen molar-refractivity contribution in [2.75, 3.05) is 27.4 Å². The summed E-state index contributed by atoms with van der Waals surface area (Å²) in [6.07, 6.45) is 0. The Bertz CT molecular complexity index is 367. The molecule has 0 aliphatic carbocycles. The van der Waals surface area contributed by atoms with Gasteiger partial charge in [-0.15, -0.1) is 0 Å². The van der Waals surface area contributed by atoms with Gasteiger partial charge in [0, 0.05) is 23.1 Å². The van der Waals surface area contributed by atoms with Crippen LogP contribution in [-0.4, -0.2) is 27.4 Å². The molecule has 0 N–H and O–H groups in total. The second-order valence-electron chi connectivity index (χ2n) is 2.85. The highest BCUT2D eigenvalue weighted by molar-refractivity contribution is 5.41. The van der Waals surface area contributed by atoms with E-state index < -0.39 is 0 Å². The third-order valence-electron chi connectivity index (χ3n) is 1.85. The molecular formula is C10H13N3O3. The quantitative estimate of drug-likeness (QED) is 0.321. The van der Waals surface area contributed by atoms with Crippen molar-refractivity contribution >= 4 is 0 Å². The molecule has 0 unspecified atom stereocenters. The lowest BCUT2D eigenvalue weighted by Gasteiger charge is -2.09. The molecule has 1 aromatic rings. The number of rotatable bonds is 6. The average molecular weight is 223 g/mol. The molecule has 0 heterocycles. The molecule has 0 aliphatic heterocycles. The minimum atomic E-state index is 0.288. The highest BCUT2D eigenvalue weighted by atomic mass is 16.5. The second-order valence-corrected chi connectivity index (χ2v) is 2.85. The first-order valence-corrected chi connectivity index (χ1v) is 4.67. The maximum atomic E-state index is 8.09. The molecule has 0 bridgehead atoms. The highest BCUT2D eigenvalue weighted by Crippen LogP contribution is 2.27. The standard InChI is InChI=1S/C10H13N3O3/c1-14-8-5-9(15-2)7-10(6-8)16-4-3-12-13-11/h5-7H,3-4H2,1-2H3. The minimum Gasteiger partial charge on any atom is -0.496 e. The van der Waals surface area contributed by atoms with Crippen molar-refractivity contribution < 1.29 is 14.2 Å². The minimum absolute atomic E-state index is 0.288. The topological polar surface area (TPSA) is 76.5 Å². The Morgan fingerprint density at radius 1 is 1.12 bits per heavy atom. The maximum absolute atomic E-state index is 8.09. The monoisotopic (exact) mass is 223 g/mol. The summed E-state index contributed by atoms with van der Waals surface area (Å²) in [4.78, 5) is 2.63. The Balaban J connectivity index is 2.67. The molecule has 1 aromatic carbocycles. The van der Waals surface area contributed by atoms with E-state index in [9.17, 15) is 0 Å². The van der Waals surface area contributed by atoms with Crippen molar-refractivity contribution in [1.82, 2.24) is 0 Å². The SMILES string of the molecule is COc1cc(OC)cc(OCCN=[N+]=[N-])c1. The van der Waals surface area contributed by atoms with Crippen LogP contribution in [0.4, 0.5) is 0 Å². The van der Waals surface area contributed by atoms with Crippen LogP contribution in [0.15, 0.2) is 23.3 Å². The number of ether oxygens (including phenoxy) is 3. The van der Waals surface area contributed by atoms with Crippen molar-refractivity contribution in [2.24, 2.45) is 5.11 Å². The van der Waals surface area contributed by atoms with Crippen LogP contribution in [0.2, 0.25) is 0 Å². The number of nitrogens with zero attached hydrogens (tertiary/aromatic N) is 3. The molecule has 6 nitrogen and oxygen atoms in total. The summed E-state index contributed by atoms with van der Waals surface area (Å²) in [6, 6.07) is 5.22. The van der Waals surface area contributed by atoms with E-state index in [2.05, 4.69) is 10.0 Å². The van der Waals surface area contributed by atoms with E-state index in [1.54, 1.807) is 32.4 Å². The molecule has 0 fully saturated rings. The normalized spacial score (nSPS) is 9.12. The van der Waals surface area contributed by atoms with Crippen molar-refractivity contribution in [3.63, 3.8) is 0 Å². The van der Waals surface area contributed by atoms with Gasteiger partial charge >= 0.3 is 0 Å². The average Bonchev–Trinajstić information content (AvgIpc) is 2.34. The van der Waals surface area contributed by atoms with Crippen molar-refractivity contribution in [2.45, 2.75) is 0 Å². The summed E-state index contributed by atoms with van der Waals surface area (Å²) < 4.78 is 15.5. The van der Waals surface area contributed by atoms with E-state index in [0.29, 0.717) is 23.9 Å². The van der Waals surface area contributed by atoms with Crippen molar-refractivity contribution in [1.29, 1.82) is 0 Å². The summed E-state index contributed by atoms with van der Waals surface area (Å²) in [5, 5.41) is 3.37. The predicted octanol–water partition coefficient (Wildman–Crippen LogP) is 2.39. The molecule has 0 aromatic heterocycles. The lowest BCUT2D eigenvalue weighted by molar-refractivity contribution is 0.320. The summed E-state index contributed by atoms with van der Waals surface area (Å²) in [5.74, 6) is 1.92. The summed E-state index contributed by atoms with van der Waals surface area (Å²) in [5.41, 5.74) is 8.09. The van der Waals surface area contributed by atoms with Gasteiger partial charge in [0.15, 0.2) is 0 Å². The lowest BCUT2D eigenvalue weighted by atomic mass is 10.3. The molecular weight excluding hydrogens is 210 g/mol. The first-order valence-electron chi connectivity index (χ1n) is 4.67. The Labute approximate surface area is 93.4 Å². The summed E-state index contributed by atoms with van der Waals surface area (Å²) in [6.45, 7) is 0.608. The number of benzene rings is 1. The fraction of sp³-hybridized carbons (Fsp3) is 0.400. The third-order valence-corrected chi connectivity index (χ3v) is 1.85. The van der Waals surface area contributed by atoms with E-state index >= 15 is 0 Å². The predicted molar refractivity (Wildman–Crippen MR) is 59.1 cm³/mol. The molecule has 0 amide bonds. The molecule has 0 aliphatic rings. The molecule has 16 heavy (non-hydrogen) atoms. The van der Waals surface area contributed by atoms with Crippen LogP contribution in [0.5, 0.6) is 17.2 Å². The van der Waals surface area contributed by atoms with Gasteiger partial charge in [-0.05, 0) is 5.53 Å². The summed E-state index contributed by atoms with van der Waals surface area (Å²) in [7, 11) is 3.14. The van der Waals surface area contributed by atoms with Crippen LogP contribution in [-0.2, 0) is 0 Å². The Morgan fingerprint density at radius 2 is 1.69 bits per heavy atom. The van der Waals surface area contributed by atoms with Crippen LogP contribution < -0.4 is 14.2 Å². The van der Waals surface area contributed by atoms with Gasteiger partial charge in [0.1, 0.15) is 17.2 Å². The zero-order valence-corrected chi connectivity index (χ0v) is 9.21. The molecule has 0 radical (unpaired) electrons. The maximum Gasteiger partial charge on any atom is 0.126 e. The van der Waals surface area contributed by atoms with Crippen molar-refractivity contribution in [3.05, 3.63) is 28.6 Å². The number of azide groups is 1. The zero-order valence-electron chi connectivity index (χ0n) is 9.21. The van der Waals surface area contributed by atoms with Gasteiger partial charge in [0.2, 0.25) is 0 Å². The van der Waals surface area contributed by atoms with Gasteiger partial charge in [0.25, 0.3) is 0 Å². The van der Waals surface area contributed by atoms with Gasteiger partial charge in [-0.25, -0.2) is 0 Å². The molecule has 6 heteroatoms. The molecule has 1 rings (SSSR count). The number of methoxy groups -OCH3 is 2. The fourth-order valence-electron chi connectivity index (χ4n) is 1.11. The van der Waals surface area contributed by atoms with Gasteiger partial charge in [-0.3, -0.25) is 0 Å². The highest BCUT2D eigenvalue weighted by Gasteiger charge is 2.02. The number of hydrogen-bond donors (Lipinski definition) is 0. The largest absolute Gasteiger partial charge is 0.496 e. The number of hydrogen-bond acceptors (Lipinski definition) is 4. The van der Waals surface area contributed by atoms with Gasteiger partial charge < -0.3 is 14.2 Å². The van der Waals surface area contributed by atoms with E-state index in [1.165, 1.54) is 0 Å². The molecule has 0 spiro atoms. The van der Waals surface area contributed by atoms with Crippen molar-refractivity contribution in [3.8, 4) is 17.2 Å². The molecule has 0 saturated heterocycles. The Morgan fingerprint density at radius 3 is 2.19 bits per heavy atom. The fourth-order valence-corrected chi connectivity index (χ4v) is 1.11. The first-order chi connectivity index (χ1) is 7.80. The van der Waals surface area contributed by atoms with Gasteiger partial charge in [-0.2, -0.15) is 0 Å². The van der Waals surface area contributed by atoms with Crippen LogP contribution in [0, 0.1) is 0 Å².